The van der Waals surface area contributed by atoms with E-state index in [4.69, 9.17) is 5.11 Å². The van der Waals surface area contributed by atoms with E-state index in [2.05, 4.69) is 10.3 Å². The lowest BCUT2D eigenvalue weighted by molar-refractivity contribution is -0.385. The number of nitrogens with one attached hydrogen (secondary N) is 1. The number of carboxylic acid groups (broad SMARTS) is 1. The zero-order valence-electron chi connectivity index (χ0n) is 11.6. The average Bonchev–Trinajstić information content (AvgIpc) is 2.54. The molecule has 2 N–H and O–H groups in total. The summed E-state index contributed by atoms with van der Waals surface area (Å²) in [6, 6.07) is 8.56. The highest BCUT2D eigenvalue weighted by molar-refractivity contribution is 7.99. The van der Waals surface area contributed by atoms with Crippen molar-refractivity contribution >= 4 is 35.0 Å². The van der Waals surface area contributed by atoms with Crippen LogP contribution in [0.4, 0.5) is 11.4 Å². The number of carbonyl (C=O) groups is 2. The Morgan fingerprint density at radius 3 is 2.43 bits per heavy atom. The number of benzene rings is 1. The molecule has 1 aromatic carbocycles. The number of aromatic carboxylic acids is 1. The van der Waals surface area contributed by atoms with Gasteiger partial charge in [-0.2, -0.15) is 0 Å². The van der Waals surface area contributed by atoms with Crippen molar-refractivity contribution in [1.82, 2.24) is 4.98 Å². The number of nitro groups is 1. The fourth-order valence-electron chi connectivity index (χ4n) is 1.60. The first-order valence-corrected chi connectivity index (χ1v) is 7.31. The molecular formula is C14H11N3O5S. The fourth-order valence-corrected chi connectivity index (χ4v) is 2.24. The predicted molar refractivity (Wildman–Crippen MR) is 83.6 cm³/mol. The van der Waals surface area contributed by atoms with Crippen molar-refractivity contribution < 1.29 is 19.6 Å². The molecule has 0 unspecified atom stereocenters. The molecule has 0 radical (unpaired) electrons. The van der Waals surface area contributed by atoms with Crippen molar-refractivity contribution in [3.05, 3.63) is 58.3 Å². The first-order chi connectivity index (χ1) is 11.0. The monoisotopic (exact) mass is 333 g/mol. The minimum absolute atomic E-state index is 0.0749. The number of carboxylic acids is 1. The van der Waals surface area contributed by atoms with E-state index in [1.807, 2.05) is 0 Å². The Bertz CT molecular complexity index is 731. The third-order valence-electron chi connectivity index (χ3n) is 2.70. The van der Waals surface area contributed by atoms with Gasteiger partial charge < -0.3 is 10.4 Å². The second-order valence-corrected chi connectivity index (χ2v) is 5.33. The van der Waals surface area contributed by atoms with Gasteiger partial charge in [-0.25, -0.2) is 9.78 Å². The van der Waals surface area contributed by atoms with Crippen LogP contribution in [0.3, 0.4) is 0 Å². The molecule has 0 spiro atoms. The van der Waals surface area contributed by atoms with Crippen molar-refractivity contribution in [1.29, 1.82) is 0 Å². The van der Waals surface area contributed by atoms with Crippen molar-refractivity contribution in [2.24, 2.45) is 0 Å². The van der Waals surface area contributed by atoms with Crippen LogP contribution in [0, 0.1) is 10.1 Å². The van der Waals surface area contributed by atoms with Gasteiger partial charge in [0.1, 0.15) is 6.20 Å². The summed E-state index contributed by atoms with van der Waals surface area (Å²) in [5.74, 6) is -1.26. The highest BCUT2D eigenvalue weighted by Gasteiger charge is 2.08. The quantitative estimate of drug-likeness (QED) is 0.473. The molecule has 8 nitrogen and oxygen atoms in total. The highest BCUT2D eigenvalue weighted by Crippen LogP contribution is 2.18. The molecule has 2 aromatic rings. The Labute approximate surface area is 134 Å². The molecule has 0 saturated heterocycles. The van der Waals surface area contributed by atoms with Crippen LogP contribution in [0.15, 0.2) is 47.6 Å². The third-order valence-corrected chi connectivity index (χ3v) is 3.64. The summed E-state index contributed by atoms with van der Waals surface area (Å²) in [6.45, 7) is 0. The number of pyridine rings is 1. The number of anilines is 1. The molecule has 1 aromatic heterocycles. The largest absolute Gasteiger partial charge is 0.478 e. The van der Waals surface area contributed by atoms with E-state index in [0.717, 1.165) is 18.0 Å². The smallest absolute Gasteiger partial charge is 0.335 e. The van der Waals surface area contributed by atoms with E-state index in [-0.39, 0.29) is 22.9 Å². The zero-order valence-corrected chi connectivity index (χ0v) is 12.4. The Kier molecular flexibility index (Phi) is 5.26. The summed E-state index contributed by atoms with van der Waals surface area (Å²) < 4.78 is 0. The Balaban J connectivity index is 1.87. The van der Waals surface area contributed by atoms with Gasteiger partial charge in [-0.15, -0.1) is 0 Å². The third kappa shape index (κ3) is 4.78. The van der Waals surface area contributed by atoms with E-state index in [1.165, 1.54) is 36.4 Å². The van der Waals surface area contributed by atoms with Crippen LogP contribution >= 0.6 is 11.8 Å². The molecule has 0 saturated carbocycles. The van der Waals surface area contributed by atoms with Gasteiger partial charge in [-0.1, -0.05) is 11.8 Å². The van der Waals surface area contributed by atoms with Crippen LogP contribution in [-0.4, -0.2) is 32.6 Å². The van der Waals surface area contributed by atoms with Gasteiger partial charge in [0.05, 0.1) is 21.3 Å². The van der Waals surface area contributed by atoms with Crippen LogP contribution in [0.2, 0.25) is 0 Å². The number of nitrogens with zero attached hydrogens (tertiary/aromatic N) is 2. The van der Waals surface area contributed by atoms with Crippen LogP contribution < -0.4 is 5.32 Å². The van der Waals surface area contributed by atoms with Crippen molar-refractivity contribution in [3.8, 4) is 0 Å². The lowest BCUT2D eigenvalue weighted by atomic mass is 10.2. The molecule has 0 bridgehead atoms. The topological polar surface area (TPSA) is 122 Å². The summed E-state index contributed by atoms with van der Waals surface area (Å²) in [5.41, 5.74) is 0.502. The van der Waals surface area contributed by atoms with Gasteiger partial charge in [0, 0.05) is 11.8 Å². The van der Waals surface area contributed by atoms with Gasteiger partial charge in [-0.05, 0) is 30.3 Å². The maximum absolute atomic E-state index is 11.8. The Morgan fingerprint density at radius 1 is 1.22 bits per heavy atom. The molecule has 118 valence electrons. The summed E-state index contributed by atoms with van der Waals surface area (Å²) in [5, 5.41) is 22.4. The molecule has 1 heterocycles. The van der Waals surface area contributed by atoms with Crippen LogP contribution in [0.5, 0.6) is 0 Å². The minimum atomic E-state index is -1.04. The number of hydrogen-bond acceptors (Lipinski definition) is 6. The van der Waals surface area contributed by atoms with E-state index < -0.39 is 10.9 Å². The number of rotatable bonds is 6. The van der Waals surface area contributed by atoms with Gasteiger partial charge in [-0.3, -0.25) is 14.9 Å². The zero-order chi connectivity index (χ0) is 16.8. The standard InChI is InChI=1S/C14H11N3O5S/c18-12(16-10-3-1-9(2-4-10)14(19)20)8-23-13-6-5-11(7-15-13)17(21)22/h1-7H,8H2,(H,16,18)(H,19,20). The van der Waals surface area contributed by atoms with E-state index in [0.29, 0.717) is 10.7 Å². The predicted octanol–water partition coefficient (Wildman–Crippen LogP) is 2.42. The summed E-state index contributed by atoms with van der Waals surface area (Å²) in [6.07, 6.45) is 1.13. The van der Waals surface area contributed by atoms with Gasteiger partial charge in [0.25, 0.3) is 5.69 Å². The highest BCUT2D eigenvalue weighted by atomic mass is 32.2. The lowest BCUT2D eigenvalue weighted by Crippen LogP contribution is -2.14. The van der Waals surface area contributed by atoms with Crippen LogP contribution in [-0.2, 0) is 4.79 Å². The van der Waals surface area contributed by atoms with Gasteiger partial charge in [0.15, 0.2) is 0 Å². The number of aromatic nitrogens is 1. The SMILES string of the molecule is O=C(CSc1ccc([N+](=O)[O-])cn1)Nc1ccc(C(=O)O)cc1. The Morgan fingerprint density at radius 2 is 1.91 bits per heavy atom. The summed E-state index contributed by atoms with van der Waals surface area (Å²) in [4.78, 5) is 36.4. The minimum Gasteiger partial charge on any atom is -0.478 e. The molecule has 0 aliphatic heterocycles. The molecule has 2 rings (SSSR count). The van der Waals surface area contributed by atoms with Crippen molar-refractivity contribution in [2.45, 2.75) is 5.03 Å². The fraction of sp³-hybridized carbons (Fsp3) is 0.0714. The summed E-state index contributed by atoms with van der Waals surface area (Å²) in [7, 11) is 0. The molecule has 0 atom stereocenters. The number of hydrogen-bond donors (Lipinski definition) is 2. The maximum Gasteiger partial charge on any atom is 0.335 e. The lowest BCUT2D eigenvalue weighted by Gasteiger charge is -2.05. The maximum atomic E-state index is 11.8. The van der Waals surface area contributed by atoms with Crippen LogP contribution in [0.25, 0.3) is 0 Å². The van der Waals surface area contributed by atoms with E-state index >= 15 is 0 Å². The van der Waals surface area contributed by atoms with E-state index in [9.17, 15) is 19.7 Å². The molecule has 0 fully saturated rings. The van der Waals surface area contributed by atoms with E-state index in [1.54, 1.807) is 0 Å². The van der Waals surface area contributed by atoms with Crippen LogP contribution in [0.1, 0.15) is 10.4 Å². The van der Waals surface area contributed by atoms with Gasteiger partial charge >= 0.3 is 5.97 Å². The second kappa shape index (κ2) is 7.36. The second-order valence-electron chi connectivity index (χ2n) is 4.33. The van der Waals surface area contributed by atoms with Gasteiger partial charge in [0.2, 0.25) is 5.91 Å². The summed E-state index contributed by atoms with van der Waals surface area (Å²) >= 11 is 1.14. The Hall–Kier alpha value is -2.94. The molecular weight excluding hydrogens is 322 g/mol. The van der Waals surface area contributed by atoms with Crippen molar-refractivity contribution in [3.63, 3.8) is 0 Å². The number of thioether (sulfide) groups is 1. The molecule has 0 aliphatic rings. The molecule has 9 heteroatoms. The molecule has 0 aliphatic carbocycles. The number of amides is 1. The average molecular weight is 333 g/mol. The number of carbonyl (C=O) groups excluding carboxylic acids is 1. The first kappa shape index (κ1) is 16.4. The van der Waals surface area contributed by atoms with Crippen molar-refractivity contribution in [2.75, 3.05) is 11.1 Å². The molecule has 23 heavy (non-hydrogen) atoms. The first-order valence-electron chi connectivity index (χ1n) is 6.32. The molecule has 1 amide bonds. The normalized spacial score (nSPS) is 10.1.